The standard InChI is InChI=1S/C9H8BrNO2Se2/c1-14-9(6-10)15-8-4-2-7(3-5-8)11(12)13/h2-6H,1H3/b9-6+. The maximum absolute atomic E-state index is 10.4. The molecule has 0 atom stereocenters. The summed E-state index contributed by atoms with van der Waals surface area (Å²) >= 11 is 4.11. The van der Waals surface area contributed by atoms with E-state index in [0.717, 1.165) is 0 Å². The van der Waals surface area contributed by atoms with E-state index < -0.39 is 0 Å². The van der Waals surface area contributed by atoms with Crippen molar-refractivity contribution >= 4 is 56.0 Å². The van der Waals surface area contributed by atoms with Gasteiger partial charge in [0.25, 0.3) is 0 Å². The first-order valence-corrected chi connectivity index (χ1v) is 9.14. The van der Waals surface area contributed by atoms with Crippen LogP contribution in [0.5, 0.6) is 0 Å². The molecule has 80 valence electrons. The quantitative estimate of drug-likeness (QED) is 0.440. The molecule has 0 aliphatic heterocycles. The van der Waals surface area contributed by atoms with Gasteiger partial charge in [0.15, 0.2) is 0 Å². The van der Waals surface area contributed by atoms with Crippen molar-refractivity contribution < 1.29 is 4.92 Å². The van der Waals surface area contributed by atoms with Crippen LogP contribution in [0.15, 0.2) is 32.6 Å². The van der Waals surface area contributed by atoms with Crippen molar-refractivity contribution in [1.29, 1.82) is 0 Å². The van der Waals surface area contributed by atoms with Crippen LogP contribution in [0.1, 0.15) is 0 Å². The van der Waals surface area contributed by atoms with E-state index in [-0.39, 0.29) is 25.6 Å². The van der Waals surface area contributed by atoms with Crippen molar-refractivity contribution in [1.82, 2.24) is 0 Å². The second-order valence-electron chi connectivity index (χ2n) is 2.49. The third-order valence-corrected chi connectivity index (χ3v) is 8.93. The second kappa shape index (κ2) is 6.46. The van der Waals surface area contributed by atoms with Gasteiger partial charge in [0.05, 0.1) is 0 Å². The first-order valence-electron chi connectivity index (χ1n) is 3.94. The molecular formula is C9H8BrNO2Se2. The van der Waals surface area contributed by atoms with Crippen LogP contribution in [-0.4, -0.2) is 34.8 Å². The van der Waals surface area contributed by atoms with Crippen LogP contribution < -0.4 is 4.46 Å². The summed E-state index contributed by atoms with van der Waals surface area (Å²) in [4.78, 5) is 12.0. The maximum atomic E-state index is 10.4. The van der Waals surface area contributed by atoms with E-state index in [0.29, 0.717) is 15.0 Å². The fourth-order valence-electron chi connectivity index (χ4n) is 0.861. The molecule has 0 aliphatic carbocycles. The summed E-state index contributed by atoms with van der Waals surface area (Å²) in [6.45, 7) is 0. The average Bonchev–Trinajstić information content (AvgIpc) is 2.26. The Labute approximate surface area is 109 Å². The van der Waals surface area contributed by atoms with Crippen LogP contribution in [0.3, 0.4) is 0 Å². The van der Waals surface area contributed by atoms with Gasteiger partial charge < -0.3 is 0 Å². The normalized spacial score (nSPS) is 11.5. The number of hydrogen-bond acceptors (Lipinski definition) is 2. The van der Waals surface area contributed by atoms with Crippen molar-refractivity contribution in [3.8, 4) is 0 Å². The molecule has 15 heavy (non-hydrogen) atoms. The molecule has 0 unspecified atom stereocenters. The summed E-state index contributed by atoms with van der Waals surface area (Å²) in [5.74, 6) is 2.16. The van der Waals surface area contributed by atoms with Gasteiger partial charge in [-0.1, -0.05) is 0 Å². The second-order valence-corrected chi connectivity index (χ2v) is 8.37. The van der Waals surface area contributed by atoms with Gasteiger partial charge in [-0.3, -0.25) is 0 Å². The molecule has 1 rings (SSSR count). The summed E-state index contributed by atoms with van der Waals surface area (Å²) in [6, 6.07) is 6.79. The first kappa shape index (κ1) is 12.9. The van der Waals surface area contributed by atoms with E-state index in [1.54, 1.807) is 12.1 Å². The Morgan fingerprint density at radius 2 is 2.07 bits per heavy atom. The van der Waals surface area contributed by atoms with Crippen molar-refractivity contribution in [3.63, 3.8) is 0 Å². The summed E-state index contributed by atoms with van der Waals surface area (Å²) in [5.41, 5.74) is 0.154. The van der Waals surface area contributed by atoms with Crippen molar-refractivity contribution in [2.45, 2.75) is 5.82 Å². The molecule has 0 amide bonds. The van der Waals surface area contributed by atoms with Gasteiger partial charge in [0.1, 0.15) is 0 Å². The molecule has 0 radical (unpaired) electrons. The Kier molecular flexibility index (Phi) is 5.57. The Hall–Kier alpha value is -0.121. The van der Waals surface area contributed by atoms with E-state index in [1.165, 1.54) is 7.83 Å². The summed E-state index contributed by atoms with van der Waals surface area (Å²) in [7, 11) is 0. The van der Waals surface area contributed by atoms with E-state index >= 15 is 0 Å². The molecule has 3 nitrogen and oxygen atoms in total. The van der Waals surface area contributed by atoms with Crippen LogP contribution in [0.2, 0.25) is 5.82 Å². The van der Waals surface area contributed by atoms with E-state index in [2.05, 4.69) is 21.8 Å². The van der Waals surface area contributed by atoms with Gasteiger partial charge in [-0.25, -0.2) is 0 Å². The van der Waals surface area contributed by atoms with Crippen LogP contribution >= 0.6 is 15.9 Å². The van der Waals surface area contributed by atoms with Gasteiger partial charge in [-0.2, -0.15) is 0 Å². The third-order valence-electron chi connectivity index (χ3n) is 1.56. The molecular weight excluding hydrogens is 392 g/mol. The summed E-state index contributed by atoms with van der Waals surface area (Å²) in [5, 5.41) is 10.4. The van der Waals surface area contributed by atoms with Gasteiger partial charge >= 0.3 is 109 Å². The fourth-order valence-corrected chi connectivity index (χ4v) is 5.79. The van der Waals surface area contributed by atoms with E-state index in [4.69, 9.17) is 0 Å². The van der Waals surface area contributed by atoms with Crippen molar-refractivity contribution in [3.05, 3.63) is 42.7 Å². The molecule has 0 fully saturated rings. The molecule has 0 saturated heterocycles. The topological polar surface area (TPSA) is 43.1 Å². The summed E-state index contributed by atoms with van der Waals surface area (Å²) < 4.78 is 2.56. The van der Waals surface area contributed by atoms with E-state index in [1.807, 2.05) is 17.1 Å². The molecule has 6 heteroatoms. The SMILES string of the molecule is C[Se]/C(=C\Br)[Se]c1ccc([N+](=O)[O-])cc1. The minimum atomic E-state index is -0.373. The molecule has 1 aromatic rings. The molecule has 0 N–H and O–H groups in total. The minimum absolute atomic E-state index is 0.154. The zero-order chi connectivity index (χ0) is 11.3. The first-order chi connectivity index (χ1) is 7.17. The third kappa shape index (κ3) is 4.09. The molecule has 0 heterocycles. The van der Waals surface area contributed by atoms with Crippen molar-refractivity contribution in [2.24, 2.45) is 0 Å². The van der Waals surface area contributed by atoms with Gasteiger partial charge in [0, 0.05) is 0 Å². The molecule has 0 spiro atoms. The predicted molar refractivity (Wildman–Crippen MR) is 67.1 cm³/mol. The number of halogens is 1. The number of nitrogens with zero attached hydrogens (tertiary/aromatic N) is 1. The average molecular weight is 400 g/mol. The van der Waals surface area contributed by atoms with Gasteiger partial charge in [-0.05, 0) is 0 Å². The zero-order valence-corrected chi connectivity index (χ0v) is 12.9. The Morgan fingerprint density at radius 1 is 1.47 bits per heavy atom. The molecule has 0 saturated carbocycles. The monoisotopic (exact) mass is 401 g/mol. The Bertz CT molecular complexity index is 378. The molecule has 1 aromatic carbocycles. The zero-order valence-electron chi connectivity index (χ0n) is 7.84. The number of non-ortho nitro benzene ring substituents is 1. The van der Waals surface area contributed by atoms with Crippen LogP contribution in [0.25, 0.3) is 0 Å². The fraction of sp³-hybridized carbons (Fsp3) is 0.111. The van der Waals surface area contributed by atoms with Gasteiger partial charge in [-0.15, -0.1) is 0 Å². The Morgan fingerprint density at radius 3 is 2.47 bits per heavy atom. The van der Waals surface area contributed by atoms with Crippen molar-refractivity contribution in [2.75, 3.05) is 0 Å². The summed E-state index contributed by atoms with van der Waals surface area (Å²) in [6.07, 6.45) is 0. The van der Waals surface area contributed by atoms with Crippen LogP contribution in [0.4, 0.5) is 5.69 Å². The number of nitro benzene ring substituents is 1. The number of benzene rings is 1. The molecule has 0 bridgehead atoms. The van der Waals surface area contributed by atoms with E-state index in [9.17, 15) is 10.1 Å². The number of hydrogen-bond donors (Lipinski definition) is 0. The molecule has 0 aromatic heterocycles. The van der Waals surface area contributed by atoms with Crippen LogP contribution in [0, 0.1) is 10.1 Å². The number of rotatable bonds is 4. The predicted octanol–water partition coefficient (Wildman–Crippen LogP) is 1.87. The number of nitro groups is 1. The Balaban J connectivity index is 2.76. The molecule has 0 aliphatic rings. The van der Waals surface area contributed by atoms with Gasteiger partial charge in [0.2, 0.25) is 0 Å². The van der Waals surface area contributed by atoms with Crippen LogP contribution in [-0.2, 0) is 0 Å².